The molecule has 0 radical (unpaired) electrons. The zero-order valence-corrected chi connectivity index (χ0v) is 27.8. The monoisotopic (exact) mass is 552 g/mol. The molecular weight excluding hydrogens is 487 g/mol. The second-order valence-corrected chi connectivity index (χ2v) is 18.6. The maximum absolute atomic E-state index is 11.7. The van der Waals surface area contributed by atoms with Crippen LogP contribution in [-0.4, -0.2) is 20.8 Å². The average Bonchev–Trinajstić information content (AvgIpc) is 2.75. The van der Waals surface area contributed by atoms with Gasteiger partial charge in [0.25, 0.3) is 0 Å². The van der Waals surface area contributed by atoms with Crippen molar-refractivity contribution in [3.8, 4) is 0 Å². The Morgan fingerprint density at radius 1 is 0.605 bits per heavy atom. The molecule has 0 aliphatic rings. The third-order valence-electron chi connectivity index (χ3n) is 8.10. The fraction of sp³-hybridized carbons (Fsp3) is 0.824. The summed E-state index contributed by atoms with van der Waals surface area (Å²) in [4.78, 5) is 35.1. The van der Waals surface area contributed by atoms with Crippen molar-refractivity contribution >= 4 is 7.28 Å². The molecule has 0 heterocycles. The van der Waals surface area contributed by atoms with E-state index in [1.54, 1.807) is 0 Å². The van der Waals surface area contributed by atoms with Crippen LogP contribution in [0.2, 0.25) is 0 Å². The third-order valence-corrected chi connectivity index (χ3v) is 11.1. The molecule has 0 spiro atoms. The summed E-state index contributed by atoms with van der Waals surface area (Å²) < 4.78 is 0. The summed E-state index contributed by atoms with van der Waals surface area (Å²) >= 11 is 0. The number of hydrogen-bond acceptors (Lipinski definition) is 3. The van der Waals surface area contributed by atoms with Crippen molar-refractivity contribution in [1.29, 1.82) is 0 Å². The van der Waals surface area contributed by atoms with Crippen molar-refractivity contribution < 1.29 is 14.7 Å². The van der Waals surface area contributed by atoms with Crippen LogP contribution in [-0.2, 0) is 10.8 Å². The summed E-state index contributed by atoms with van der Waals surface area (Å²) in [6.07, 6.45) is 12.7. The normalized spacial score (nSPS) is 15.2. The second-order valence-electron chi connectivity index (χ2n) is 15.1. The van der Waals surface area contributed by atoms with Gasteiger partial charge in [0.05, 0.1) is 0 Å². The van der Waals surface area contributed by atoms with Gasteiger partial charge in [0.15, 0.2) is 0 Å². The van der Waals surface area contributed by atoms with Crippen LogP contribution in [0.5, 0.6) is 0 Å². The first-order valence-corrected chi connectivity index (χ1v) is 18.1. The molecule has 0 aromatic heterocycles. The summed E-state index contributed by atoms with van der Waals surface area (Å²) in [5, 5.41) is 0. The molecule has 0 aliphatic heterocycles. The van der Waals surface area contributed by atoms with Gasteiger partial charge < -0.3 is 0 Å². The molecule has 0 bridgehead atoms. The number of hydrogen-bond donors (Lipinski definition) is 3. The van der Waals surface area contributed by atoms with Gasteiger partial charge in [0.2, 0.25) is 0 Å². The third kappa shape index (κ3) is 12.8. The SMILES string of the molecule is CC(C)CCCCCCCP(O)(O)(O)C(CCCCCCC(C)C)c1ccc(C(C)(C)C)cc1C(C)(C)C. The van der Waals surface area contributed by atoms with Crippen molar-refractivity contribution in [2.45, 2.75) is 163 Å². The Labute approximate surface area is 237 Å². The maximum atomic E-state index is 11.7. The van der Waals surface area contributed by atoms with Crippen molar-refractivity contribution in [3.63, 3.8) is 0 Å². The molecule has 1 atom stereocenters. The summed E-state index contributed by atoms with van der Waals surface area (Å²) in [6, 6.07) is 6.49. The molecule has 0 fully saturated rings. The van der Waals surface area contributed by atoms with Gasteiger partial charge in [-0.05, 0) is 0 Å². The molecule has 3 nitrogen and oxygen atoms in total. The molecule has 0 saturated heterocycles. The van der Waals surface area contributed by atoms with Gasteiger partial charge in [0.1, 0.15) is 0 Å². The Bertz CT molecular complexity index is 806. The predicted molar refractivity (Wildman–Crippen MR) is 170 cm³/mol. The molecule has 0 saturated carbocycles. The first-order valence-electron chi connectivity index (χ1n) is 15.7. The van der Waals surface area contributed by atoms with E-state index >= 15 is 0 Å². The molecule has 1 aromatic carbocycles. The van der Waals surface area contributed by atoms with Crippen molar-refractivity contribution in [3.05, 3.63) is 34.9 Å². The minimum atomic E-state index is -4.92. The summed E-state index contributed by atoms with van der Waals surface area (Å²) in [6.45, 7) is 22.3. The first-order chi connectivity index (χ1) is 17.3. The van der Waals surface area contributed by atoms with Crippen LogP contribution in [0.3, 0.4) is 0 Å². The molecule has 0 aliphatic carbocycles. The van der Waals surface area contributed by atoms with Crippen LogP contribution in [0.1, 0.15) is 169 Å². The van der Waals surface area contributed by atoms with Gasteiger partial charge in [0, 0.05) is 0 Å². The van der Waals surface area contributed by atoms with Gasteiger partial charge >= 0.3 is 238 Å². The molecule has 0 amide bonds. The Morgan fingerprint density at radius 3 is 1.50 bits per heavy atom. The fourth-order valence-electron chi connectivity index (χ4n) is 5.57. The first kappa shape index (κ1) is 35.6. The van der Waals surface area contributed by atoms with Crippen LogP contribution in [0.15, 0.2) is 18.2 Å². The van der Waals surface area contributed by atoms with Crippen molar-refractivity contribution in [1.82, 2.24) is 0 Å². The molecule has 224 valence electrons. The Kier molecular flexibility index (Phi) is 14.0. The molecule has 3 N–H and O–H groups in total. The van der Waals surface area contributed by atoms with E-state index in [0.29, 0.717) is 12.8 Å². The molecule has 1 rings (SSSR count). The molecular formula is C34H65O3P. The van der Waals surface area contributed by atoms with Gasteiger partial charge in [-0.2, -0.15) is 0 Å². The molecule has 1 unspecified atom stereocenters. The second kappa shape index (κ2) is 15.0. The predicted octanol–water partition coefficient (Wildman–Crippen LogP) is 10.6. The van der Waals surface area contributed by atoms with Crippen LogP contribution in [0.4, 0.5) is 0 Å². The molecule has 1 aromatic rings. The Hall–Kier alpha value is -0.470. The Balaban J connectivity index is 3.18. The van der Waals surface area contributed by atoms with Crippen LogP contribution >= 0.6 is 7.28 Å². The summed E-state index contributed by atoms with van der Waals surface area (Å²) in [5.41, 5.74) is 2.54. The van der Waals surface area contributed by atoms with Crippen LogP contribution < -0.4 is 0 Å². The zero-order chi connectivity index (χ0) is 29.2. The van der Waals surface area contributed by atoms with Gasteiger partial charge in [-0.25, -0.2) is 0 Å². The van der Waals surface area contributed by atoms with E-state index in [4.69, 9.17) is 0 Å². The fourth-order valence-corrected chi connectivity index (χ4v) is 8.21. The van der Waals surface area contributed by atoms with E-state index < -0.39 is 12.9 Å². The minimum absolute atomic E-state index is 0.00315. The number of benzene rings is 1. The zero-order valence-electron chi connectivity index (χ0n) is 26.9. The van der Waals surface area contributed by atoms with Gasteiger partial charge in [-0.3, -0.25) is 0 Å². The van der Waals surface area contributed by atoms with Crippen LogP contribution in [0.25, 0.3) is 0 Å². The quantitative estimate of drug-likeness (QED) is 0.133. The van der Waals surface area contributed by atoms with E-state index in [0.717, 1.165) is 55.1 Å². The van der Waals surface area contributed by atoms with E-state index in [1.807, 2.05) is 0 Å². The van der Waals surface area contributed by atoms with Crippen molar-refractivity contribution in [2.24, 2.45) is 11.8 Å². The summed E-state index contributed by atoms with van der Waals surface area (Å²) in [7, 11) is -4.92. The standard InChI is InChI=1S/C34H65O3P/c1-27(2)20-16-12-11-15-19-25-38(35,36,37)32(22-18-14-13-17-21-28(3)4)30-24-23-29(33(5,6)7)26-31(30)34(8,9)10/h23-24,26-28,32,35-37H,11-22,25H2,1-10H3. The van der Waals surface area contributed by atoms with Gasteiger partial charge in [-0.15, -0.1) is 0 Å². The van der Waals surface area contributed by atoms with E-state index in [2.05, 4.69) is 87.4 Å². The Morgan fingerprint density at radius 2 is 1.05 bits per heavy atom. The molecule has 4 heteroatoms. The van der Waals surface area contributed by atoms with E-state index in [-0.39, 0.29) is 17.0 Å². The van der Waals surface area contributed by atoms with Gasteiger partial charge in [-0.1, -0.05) is 0 Å². The topological polar surface area (TPSA) is 60.7 Å². The number of unbranched alkanes of at least 4 members (excludes halogenated alkanes) is 7. The van der Waals surface area contributed by atoms with E-state index in [9.17, 15) is 14.7 Å². The number of rotatable bonds is 17. The molecule has 38 heavy (non-hydrogen) atoms. The van der Waals surface area contributed by atoms with Crippen LogP contribution in [0, 0.1) is 11.8 Å². The average molecular weight is 553 g/mol. The summed E-state index contributed by atoms with van der Waals surface area (Å²) in [5.74, 6) is 1.46. The van der Waals surface area contributed by atoms with Crippen molar-refractivity contribution in [2.75, 3.05) is 6.16 Å². The van der Waals surface area contributed by atoms with E-state index in [1.165, 1.54) is 37.7 Å².